The van der Waals surface area contributed by atoms with E-state index in [2.05, 4.69) is 26.7 Å². The van der Waals surface area contributed by atoms with E-state index in [4.69, 9.17) is 4.74 Å². The van der Waals surface area contributed by atoms with Crippen molar-refractivity contribution in [1.29, 1.82) is 0 Å². The summed E-state index contributed by atoms with van der Waals surface area (Å²) < 4.78 is 7.08. The van der Waals surface area contributed by atoms with Crippen molar-refractivity contribution in [2.75, 3.05) is 13.2 Å². The lowest BCUT2D eigenvalue weighted by molar-refractivity contribution is -0.152. The van der Waals surface area contributed by atoms with Crippen molar-refractivity contribution >= 4 is 28.4 Å². The molecule has 1 saturated heterocycles. The molecule has 0 aromatic carbocycles. The number of nitrogens with one attached hydrogen (secondary N) is 1. The molecule has 0 saturated carbocycles. The molecule has 1 fully saturated rings. The van der Waals surface area contributed by atoms with Gasteiger partial charge in [0.05, 0.1) is 18.3 Å². The Morgan fingerprint density at radius 3 is 3.03 bits per heavy atom. The average Bonchev–Trinajstić information content (AvgIpc) is 3.55. The van der Waals surface area contributed by atoms with Crippen molar-refractivity contribution in [3.05, 3.63) is 61.2 Å². The minimum absolute atomic E-state index is 0.217. The van der Waals surface area contributed by atoms with E-state index < -0.39 is 6.04 Å². The molecule has 1 aliphatic rings. The molecule has 9 nitrogen and oxygen atoms in total. The van der Waals surface area contributed by atoms with Crippen LogP contribution in [-0.4, -0.2) is 60.8 Å². The topological polar surface area (TPSA) is 105 Å². The van der Waals surface area contributed by atoms with Gasteiger partial charge in [0.25, 0.3) is 0 Å². The molecule has 0 unspecified atom stereocenters. The molecular weight excluding hydrogens is 408 g/mol. The molecule has 1 atom stereocenters. The van der Waals surface area contributed by atoms with E-state index in [1.807, 2.05) is 24.3 Å². The smallest absolute Gasteiger partial charge is 0.328 e. The van der Waals surface area contributed by atoms with Crippen molar-refractivity contribution in [3.8, 4) is 11.1 Å². The standard InChI is InChI=1S/C23H22N6O3/c1-2-21(30)28-11-4-6-20(28)23(31)32-12-8-15-13-17-16(7-10-24-22(17)27-15)18-14-26-29-19(18)5-3-9-25-29/h2-3,5,7,9-10,13-14,20H,1,4,6,8,11-12H2,(H,24,27)/t20-/m0/s1. The summed E-state index contributed by atoms with van der Waals surface area (Å²) in [4.78, 5) is 33.7. The van der Waals surface area contributed by atoms with Gasteiger partial charge in [0, 0.05) is 42.0 Å². The number of rotatable bonds is 6. The number of esters is 1. The van der Waals surface area contributed by atoms with Gasteiger partial charge in [0.1, 0.15) is 11.7 Å². The van der Waals surface area contributed by atoms with Gasteiger partial charge in [-0.2, -0.15) is 14.8 Å². The van der Waals surface area contributed by atoms with Crippen molar-refractivity contribution in [2.24, 2.45) is 0 Å². The minimum atomic E-state index is -0.527. The number of hydrogen-bond acceptors (Lipinski definition) is 6. The van der Waals surface area contributed by atoms with E-state index >= 15 is 0 Å². The monoisotopic (exact) mass is 430 g/mol. The zero-order valence-corrected chi connectivity index (χ0v) is 17.4. The number of hydrogen-bond donors (Lipinski definition) is 1. The van der Waals surface area contributed by atoms with Gasteiger partial charge in [-0.3, -0.25) is 4.79 Å². The fourth-order valence-electron chi connectivity index (χ4n) is 4.24. The Labute approximate surface area is 183 Å². The van der Waals surface area contributed by atoms with Gasteiger partial charge in [-0.1, -0.05) is 6.58 Å². The lowest BCUT2D eigenvalue weighted by atomic mass is 10.1. The van der Waals surface area contributed by atoms with E-state index in [-0.39, 0.29) is 18.5 Å². The van der Waals surface area contributed by atoms with Crippen LogP contribution in [0.15, 0.2) is 55.5 Å². The van der Waals surface area contributed by atoms with E-state index in [0.717, 1.165) is 39.8 Å². The molecular formula is C23H22N6O3. The van der Waals surface area contributed by atoms with Gasteiger partial charge < -0.3 is 14.6 Å². The summed E-state index contributed by atoms with van der Waals surface area (Å²) in [5, 5.41) is 9.51. The van der Waals surface area contributed by atoms with Crippen LogP contribution >= 0.6 is 0 Å². The zero-order chi connectivity index (χ0) is 22.1. The lowest BCUT2D eigenvalue weighted by Gasteiger charge is -2.21. The first-order valence-electron chi connectivity index (χ1n) is 10.5. The van der Waals surface area contributed by atoms with Crippen LogP contribution in [0, 0.1) is 0 Å². The third-order valence-electron chi connectivity index (χ3n) is 5.78. The van der Waals surface area contributed by atoms with Crippen molar-refractivity contribution in [1.82, 2.24) is 29.7 Å². The second-order valence-electron chi connectivity index (χ2n) is 7.68. The van der Waals surface area contributed by atoms with Crippen LogP contribution in [0.25, 0.3) is 27.7 Å². The number of aromatic nitrogens is 5. The summed E-state index contributed by atoms with van der Waals surface area (Å²) in [6.07, 6.45) is 8.40. The quantitative estimate of drug-likeness (QED) is 0.372. The number of fused-ring (bicyclic) bond motifs is 2. The molecule has 5 rings (SSSR count). The normalized spacial score (nSPS) is 16.0. The fourth-order valence-corrected chi connectivity index (χ4v) is 4.24. The highest BCUT2D eigenvalue weighted by Gasteiger charge is 2.34. The predicted octanol–water partition coefficient (Wildman–Crippen LogP) is 2.54. The summed E-state index contributed by atoms with van der Waals surface area (Å²) in [6, 6.07) is 7.30. The van der Waals surface area contributed by atoms with E-state index in [1.165, 1.54) is 11.0 Å². The van der Waals surface area contributed by atoms with E-state index in [0.29, 0.717) is 19.4 Å². The molecule has 162 valence electrons. The average molecular weight is 430 g/mol. The molecule has 4 aromatic rings. The summed E-state index contributed by atoms with van der Waals surface area (Å²) in [5.74, 6) is -0.604. The van der Waals surface area contributed by atoms with Gasteiger partial charge in [-0.25, -0.2) is 9.78 Å². The fraction of sp³-hybridized carbons (Fsp3) is 0.261. The molecule has 9 heteroatoms. The first-order chi connectivity index (χ1) is 15.7. The molecule has 0 aliphatic carbocycles. The number of likely N-dealkylation sites (tertiary alicyclic amines) is 1. The molecule has 1 amide bonds. The largest absolute Gasteiger partial charge is 0.464 e. The Balaban J connectivity index is 1.31. The highest BCUT2D eigenvalue weighted by molar-refractivity contribution is 5.97. The maximum Gasteiger partial charge on any atom is 0.328 e. The van der Waals surface area contributed by atoms with Crippen molar-refractivity contribution in [2.45, 2.75) is 25.3 Å². The van der Waals surface area contributed by atoms with Crippen LogP contribution in [0.4, 0.5) is 0 Å². The van der Waals surface area contributed by atoms with Gasteiger partial charge in [-0.05, 0) is 48.7 Å². The zero-order valence-electron chi connectivity index (χ0n) is 17.4. The summed E-state index contributed by atoms with van der Waals surface area (Å²) >= 11 is 0. The van der Waals surface area contributed by atoms with E-state index in [1.54, 1.807) is 23.2 Å². The Bertz CT molecular complexity index is 1320. The Morgan fingerprint density at radius 2 is 2.16 bits per heavy atom. The third-order valence-corrected chi connectivity index (χ3v) is 5.78. The number of pyridine rings is 1. The molecule has 4 aromatic heterocycles. The molecule has 32 heavy (non-hydrogen) atoms. The predicted molar refractivity (Wildman–Crippen MR) is 118 cm³/mol. The Morgan fingerprint density at radius 1 is 1.25 bits per heavy atom. The van der Waals surface area contributed by atoms with Gasteiger partial charge >= 0.3 is 5.97 Å². The number of aromatic amines is 1. The SMILES string of the molecule is C=CC(=O)N1CCC[C@H]1C(=O)OCCc1cc2c(-c3cnn4ncccc34)ccnc2[nH]1. The second kappa shape index (κ2) is 8.26. The summed E-state index contributed by atoms with van der Waals surface area (Å²) in [7, 11) is 0. The Hall–Kier alpha value is -4.01. The van der Waals surface area contributed by atoms with Gasteiger partial charge in [0.15, 0.2) is 0 Å². The lowest BCUT2D eigenvalue weighted by Crippen LogP contribution is -2.40. The van der Waals surface area contributed by atoms with E-state index in [9.17, 15) is 9.59 Å². The number of H-pyrrole nitrogens is 1. The highest BCUT2D eigenvalue weighted by atomic mass is 16.5. The third kappa shape index (κ3) is 3.51. The molecule has 0 bridgehead atoms. The number of amides is 1. The molecule has 5 heterocycles. The minimum Gasteiger partial charge on any atom is -0.464 e. The first-order valence-corrected chi connectivity index (χ1v) is 10.5. The molecule has 1 aliphatic heterocycles. The van der Waals surface area contributed by atoms with Crippen LogP contribution in [0.5, 0.6) is 0 Å². The molecule has 1 N–H and O–H groups in total. The van der Waals surface area contributed by atoms with Crippen LogP contribution in [0.2, 0.25) is 0 Å². The highest BCUT2D eigenvalue weighted by Crippen LogP contribution is 2.31. The van der Waals surface area contributed by atoms with Gasteiger partial charge in [0.2, 0.25) is 5.91 Å². The summed E-state index contributed by atoms with van der Waals surface area (Å²) in [5.41, 5.74) is 4.54. The number of nitrogens with zero attached hydrogens (tertiary/aromatic N) is 5. The number of carbonyl (C=O) groups excluding carboxylic acids is 2. The second-order valence-corrected chi connectivity index (χ2v) is 7.68. The van der Waals surface area contributed by atoms with Crippen LogP contribution in [0.3, 0.4) is 0 Å². The van der Waals surface area contributed by atoms with Crippen molar-refractivity contribution < 1.29 is 14.3 Å². The number of ether oxygens (including phenoxy) is 1. The molecule has 0 spiro atoms. The molecule has 0 radical (unpaired) electrons. The summed E-state index contributed by atoms with van der Waals surface area (Å²) in [6.45, 7) is 4.27. The van der Waals surface area contributed by atoms with Gasteiger partial charge in [-0.15, -0.1) is 0 Å². The number of carbonyl (C=O) groups is 2. The Kier molecular flexibility index (Phi) is 5.14. The van der Waals surface area contributed by atoms with Crippen LogP contribution in [0.1, 0.15) is 18.5 Å². The van der Waals surface area contributed by atoms with Crippen molar-refractivity contribution in [3.63, 3.8) is 0 Å². The first kappa shape index (κ1) is 19.9. The maximum absolute atomic E-state index is 12.5. The van der Waals surface area contributed by atoms with Crippen LogP contribution in [-0.2, 0) is 20.7 Å². The maximum atomic E-state index is 12.5. The van der Waals surface area contributed by atoms with Crippen LogP contribution < -0.4 is 0 Å².